The SMILES string of the molecule is CC(=O)NC[C@H]1CN(c2ccc(N3CC4CC(C3)O4)c(F)c2)C(=O)O1. The van der Waals surface area contributed by atoms with Crippen molar-refractivity contribution in [3.63, 3.8) is 0 Å². The van der Waals surface area contributed by atoms with E-state index in [9.17, 15) is 14.0 Å². The third kappa shape index (κ3) is 3.13. The predicted molar refractivity (Wildman–Crippen MR) is 88.2 cm³/mol. The van der Waals surface area contributed by atoms with E-state index in [1.165, 1.54) is 17.9 Å². The van der Waals surface area contributed by atoms with Gasteiger partial charge in [-0.05, 0) is 18.2 Å². The molecule has 1 aromatic carbocycles. The summed E-state index contributed by atoms with van der Waals surface area (Å²) < 4.78 is 25.4. The van der Waals surface area contributed by atoms with Gasteiger partial charge in [0.05, 0.1) is 36.7 Å². The van der Waals surface area contributed by atoms with Crippen LogP contribution >= 0.6 is 0 Å². The van der Waals surface area contributed by atoms with Crippen molar-refractivity contribution in [2.45, 2.75) is 31.7 Å². The second kappa shape index (κ2) is 6.18. The Morgan fingerprint density at radius 1 is 1.32 bits per heavy atom. The highest BCUT2D eigenvalue weighted by Gasteiger charge is 2.39. The number of carbonyl (C=O) groups is 2. The zero-order valence-electron chi connectivity index (χ0n) is 13.9. The fourth-order valence-corrected chi connectivity index (χ4v) is 3.57. The van der Waals surface area contributed by atoms with E-state index < -0.39 is 12.2 Å². The minimum Gasteiger partial charge on any atom is -0.442 e. The first-order valence-electron chi connectivity index (χ1n) is 8.42. The second-order valence-electron chi connectivity index (χ2n) is 6.71. The number of hydrogen-bond donors (Lipinski definition) is 1. The molecule has 4 heterocycles. The summed E-state index contributed by atoms with van der Waals surface area (Å²) >= 11 is 0. The van der Waals surface area contributed by atoms with E-state index in [0.717, 1.165) is 6.42 Å². The largest absolute Gasteiger partial charge is 0.442 e. The summed E-state index contributed by atoms with van der Waals surface area (Å²) in [5.41, 5.74) is 0.985. The average Bonchev–Trinajstić information content (AvgIpc) is 2.93. The Morgan fingerprint density at radius 3 is 2.68 bits per heavy atom. The molecule has 4 fully saturated rings. The van der Waals surface area contributed by atoms with Crippen LogP contribution in [0.1, 0.15) is 13.3 Å². The minimum absolute atomic E-state index is 0.187. The smallest absolute Gasteiger partial charge is 0.414 e. The molecule has 4 aliphatic rings. The molecular weight excluding hydrogens is 329 g/mol. The fourth-order valence-electron chi connectivity index (χ4n) is 3.57. The molecule has 3 atom stereocenters. The quantitative estimate of drug-likeness (QED) is 0.886. The van der Waals surface area contributed by atoms with Crippen molar-refractivity contribution in [1.82, 2.24) is 5.32 Å². The Hall–Kier alpha value is -2.35. The van der Waals surface area contributed by atoms with E-state index in [1.54, 1.807) is 12.1 Å². The molecule has 2 amide bonds. The number of nitrogens with one attached hydrogen (secondary N) is 1. The number of anilines is 2. The number of amides is 2. The highest BCUT2D eigenvalue weighted by molar-refractivity contribution is 5.90. The van der Waals surface area contributed by atoms with Gasteiger partial charge in [0.15, 0.2) is 0 Å². The maximum absolute atomic E-state index is 14.6. The normalized spacial score (nSPS) is 27.8. The lowest BCUT2D eigenvalue weighted by atomic mass is 9.98. The third-order valence-electron chi connectivity index (χ3n) is 4.80. The highest BCUT2D eigenvalue weighted by atomic mass is 19.1. The molecular formula is C17H20FN3O4. The van der Waals surface area contributed by atoms with Crippen LogP contribution in [0.3, 0.4) is 0 Å². The van der Waals surface area contributed by atoms with E-state index >= 15 is 0 Å². The van der Waals surface area contributed by atoms with Gasteiger partial charge in [-0.1, -0.05) is 0 Å². The Morgan fingerprint density at radius 2 is 2.04 bits per heavy atom. The molecule has 1 N–H and O–H groups in total. The van der Waals surface area contributed by atoms with Crippen LogP contribution in [-0.4, -0.2) is 56.5 Å². The number of benzene rings is 1. The van der Waals surface area contributed by atoms with E-state index in [4.69, 9.17) is 9.47 Å². The maximum Gasteiger partial charge on any atom is 0.414 e. The summed E-state index contributed by atoms with van der Waals surface area (Å²) in [5.74, 6) is -0.551. The van der Waals surface area contributed by atoms with Crippen LogP contribution in [0.15, 0.2) is 18.2 Å². The summed E-state index contributed by atoms with van der Waals surface area (Å²) in [5, 5.41) is 2.62. The summed E-state index contributed by atoms with van der Waals surface area (Å²) in [6.07, 6.45) is 0.466. The van der Waals surface area contributed by atoms with Crippen LogP contribution in [-0.2, 0) is 14.3 Å². The summed E-state index contributed by atoms with van der Waals surface area (Å²) in [7, 11) is 0. The van der Waals surface area contributed by atoms with Gasteiger partial charge in [-0.2, -0.15) is 0 Å². The van der Waals surface area contributed by atoms with E-state index in [-0.39, 0.29) is 37.0 Å². The molecule has 2 unspecified atom stereocenters. The van der Waals surface area contributed by atoms with Crippen LogP contribution in [0.4, 0.5) is 20.6 Å². The number of halogens is 1. The van der Waals surface area contributed by atoms with Gasteiger partial charge in [0.2, 0.25) is 5.91 Å². The molecule has 0 aliphatic carbocycles. The number of rotatable bonds is 4. The van der Waals surface area contributed by atoms with Crippen molar-refractivity contribution in [2.24, 2.45) is 0 Å². The van der Waals surface area contributed by atoms with Gasteiger partial charge >= 0.3 is 6.09 Å². The molecule has 5 rings (SSSR count). The third-order valence-corrected chi connectivity index (χ3v) is 4.80. The van der Waals surface area contributed by atoms with E-state index in [0.29, 0.717) is 24.5 Å². The number of ether oxygens (including phenoxy) is 2. The zero-order valence-corrected chi connectivity index (χ0v) is 13.9. The number of nitrogens with zero attached hydrogens (tertiary/aromatic N) is 2. The van der Waals surface area contributed by atoms with Crippen LogP contribution in [0.5, 0.6) is 0 Å². The predicted octanol–water partition coefficient (Wildman–Crippen LogP) is 1.26. The molecule has 2 bridgehead atoms. The molecule has 0 spiro atoms. The molecule has 8 heteroatoms. The number of hydrogen-bond acceptors (Lipinski definition) is 5. The Labute approximate surface area is 144 Å². The molecule has 1 aromatic rings. The van der Waals surface area contributed by atoms with Crippen molar-refractivity contribution in [1.29, 1.82) is 0 Å². The summed E-state index contributed by atoms with van der Waals surface area (Å²) in [6.45, 7) is 3.31. The molecule has 0 saturated carbocycles. The topological polar surface area (TPSA) is 71.1 Å². The van der Waals surface area contributed by atoms with Gasteiger partial charge in [0.25, 0.3) is 0 Å². The molecule has 0 radical (unpaired) electrons. The first kappa shape index (κ1) is 16.1. The first-order chi connectivity index (χ1) is 12.0. The van der Waals surface area contributed by atoms with Gasteiger partial charge in [-0.3, -0.25) is 9.69 Å². The molecule has 7 nitrogen and oxygen atoms in total. The molecule has 4 saturated heterocycles. The summed E-state index contributed by atoms with van der Waals surface area (Å²) in [4.78, 5) is 26.4. The van der Waals surface area contributed by atoms with Crippen LogP contribution in [0.2, 0.25) is 0 Å². The Bertz CT molecular complexity index is 697. The first-order valence-corrected chi connectivity index (χ1v) is 8.42. The minimum atomic E-state index is -0.532. The number of morpholine rings is 1. The number of carbonyl (C=O) groups excluding carboxylic acids is 2. The van der Waals surface area contributed by atoms with Crippen molar-refractivity contribution in [3.05, 3.63) is 24.0 Å². The van der Waals surface area contributed by atoms with Crippen molar-refractivity contribution < 1.29 is 23.5 Å². The van der Waals surface area contributed by atoms with Gasteiger partial charge in [-0.15, -0.1) is 0 Å². The molecule has 134 valence electrons. The standard InChI is InChI=1S/C17H20FN3O4/c1-10(22)19-6-14-9-21(17(23)25-14)11-2-3-16(15(18)4-11)20-7-12-5-13(8-20)24-12/h2-4,12-14H,5-9H2,1H3,(H,19,22)/t12?,13?,14-/m0/s1. The molecule has 0 aromatic heterocycles. The lowest BCUT2D eigenvalue weighted by Crippen LogP contribution is -2.57. The molecule has 25 heavy (non-hydrogen) atoms. The second-order valence-corrected chi connectivity index (χ2v) is 6.71. The average molecular weight is 349 g/mol. The zero-order chi connectivity index (χ0) is 17.6. The van der Waals surface area contributed by atoms with Crippen molar-refractivity contribution in [2.75, 3.05) is 36.0 Å². The number of fused-ring (bicyclic) bond motifs is 2. The molecule has 4 aliphatic heterocycles. The fraction of sp³-hybridized carbons (Fsp3) is 0.529. The van der Waals surface area contributed by atoms with Gasteiger partial charge < -0.3 is 19.7 Å². The Kier molecular flexibility index (Phi) is 3.99. The van der Waals surface area contributed by atoms with Crippen LogP contribution < -0.4 is 15.1 Å². The van der Waals surface area contributed by atoms with E-state index in [1.807, 2.05) is 4.90 Å². The lowest BCUT2D eigenvalue weighted by Gasteiger charge is -2.48. The van der Waals surface area contributed by atoms with Crippen molar-refractivity contribution >= 4 is 23.4 Å². The van der Waals surface area contributed by atoms with Gasteiger partial charge in [0, 0.05) is 26.4 Å². The van der Waals surface area contributed by atoms with Gasteiger partial charge in [-0.25, -0.2) is 9.18 Å². The highest BCUT2D eigenvalue weighted by Crippen LogP contribution is 2.34. The maximum atomic E-state index is 14.6. The van der Waals surface area contributed by atoms with Crippen LogP contribution in [0.25, 0.3) is 0 Å². The van der Waals surface area contributed by atoms with E-state index in [2.05, 4.69) is 5.32 Å². The Balaban J connectivity index is 1.45. The lowest BCUT2D eigenvalue weighted by molar-refractivity contribution is -0.133. The number of cyclic esters (lactones) is 1. The van der Waals surface area contributed by atoms with Crippen molar-refractivity contribution in [3.8, 4) is 0 Å². The monoisotopic (exact) mass is 349 g/mol. The number of piperidine rings is 1. The summed E-state index contributed by atoms with van der Waals surface area (Å²) in [6, 6.07) is 4.78. The van der Waals surface area contributed by atoms with Crippen LogP contribution in [0, 0.1) is 5.82 Å². The van der Waals surface area contributed by atoms with Gasteiger partial charge in [0.1, 0.15) is 11.9 Å².